The van der Waals surface area contributed by atoms with Gasteiger partial charge in [-0.2, -0.15) is 0 Å². The number of benzene rings is 3. The van der Waals surface area contributed by atoms with Crippen molar-refractivity contribution in [1.29, 1.82) is 0 Å². The van der Waals surface area contributed by atoms with Crippen molar-refractivity contribution in [2.45, 2.75) is 29.9 Å². The highest BCUT2D eigenvalue weighted by Gasteiger charge is 2.34. The molecule has 0 bridgehead atoms. The number of amides is 1. The monoisotopic (exact) mass is 439 g/mol. The van der Waals surface area contributed by atoms with Gasteiger partial charge in [-0.3, -0.25) is 14.9 Å². The number of hydrogen-bond acceptors (Lipinski definition) is 6. The van der Waals surface area contributed by atoms with Crippen molar-refractivity contribution in [3.05, 3.63) is 75.3 Å². The van der Waals surface area contributed by atoms with Gasteiger partial charge in [-0.15, -0.1) is 0 Å². The van der Waals surface area contributed by atoms with E-state index in [0.29, 0.717) is 39.6 Å². The smallest absolute Gasteiger partial charge is 0.269 e. The first-order valence-electron chi connectivity index (χ1n) is 9.61. The first-order chi connectivity index (χ1) is 14.8. The number of nitrogens with one attached hydrogen (secondary N) is 2. The topological polar surface area (TPSA) is 139 Å². The molecule has 0 saturated heterocycles. The van der Waals surface area contributed by atoms with Gasteiger partial charge in [0.25, 0.3) is 11.6 Å². The Morgan fingerprint density at radius 3 is 2.74 bits per heavy atom. The van der Waals surface area contributed by atoms with Gasteiger partial charge in [0.2, 0.25) is 10.0 Å². The number of hydrogen-bond donors (Lipinski definition) is 3. The van der Waals surface area contributed by atoms with Crippen LogP contribution in [-0.2, 0) is 16.4 Å². The number of sulfonamides is 1. The number of aliphatic hydroxyl groups excluding tert-OH is 1. The van der Waals surface area contributed by atoms with E-state index in [1.54, 1.807) is 24.3 Å². The van der Waals surface area contributed by atoms with Crippen LogP contribution in [0.5, 0.6) is 0 Å². The van der Waals surface area contributed by atoms with Crippen LogP contribution in [-0.4, -0.2) is 30.4 Å². The number of nitrogens with zero attached hydrogens (tertiary/aromatic N) is 1. The molecule has 3 aromatic rings. The molecule has 3 N–H and O–H groups in total. The molecule has 1 heterocycles. The molecule has 0 radical (unpaired) electrons. The minimum absolute atomic E-state index is 0.0197. The molecule has 3 aromatic carbocycles. The third kappa shape index (κ3) is 3.07. The second-order valence-electron chi connectivity index (χ2n) is 7.65. The van der Waals surface area contributed by atoms with Crippen LogP contribution in [0.15, 0.2) is 53.4 Å². The second-order valence-corrected chi connectivity index (χ2v) is 9.33. The van der Waals surface area contributed by atoms with E-state index in [-0.39, 0.29) is 22.9 Å². The van der Waals surface area contributed by atoms with Crippen LogP contribution in [0.25, 0.3) is 10.8 Å². The second kappa shape index (κ2) is 6.84. The Kier molecular flexibility index (Phi) is 4.33. The summed E-state index contributed by atoms with van der Waals surface area (Å²) in [5.74, 6) is -0.281. The maximum atomic E-state index is 13.2. The first kappa shape index (κ1) is 19.6. The quantitative estimate of drug-likeness (QED) is 0.422. The Hall–Kier alpha value is -3.34. The van der Waals surface area contributed by atoms with Gasteiger partial charge in [-0.25, -0.2) is 13.1 Å². The molecule has 0 fully saturated rings. The Morgan fingerprint density at radius 2 is 1.97 bits per heavy atom. The minimum Gasteiger partial charge on any atom is -0.387 e. The molecule has 2 aliphatic rings. The Bertz CT molecular complexity index is 1390. The van der Waals surface area contributed by atoms with E-state index >= 15 is 0 Å². The maximum absolute atomic E-state index is 13.2. The van der Waals surface area contributed by atoms with Gasteiger partial charge in [-0.05, 0) is 48.2 Å². The summed E-state index contributed by atoms with van der Waals surface area (Å²) in [5.41, 5.74) is 2.01. The van der Waals surface area contributed by atoms with Crippen LogP contribution >= 0.6 is 0 Å². The van der Waals surface area contributed by atoms with Crippen LogP contribution in [0, 0.1) is 10.1 Å². The van der Waals surface area contributed by atoms with Crippen molar-refractivity contribution < 1.29 is 23.2 Å². The molecule has 10 heteroatoms. The van der Waals surface area contributed by atoms with Crippen LogP contribution in [0.4, 0.5) is 11.4 Å². The van der Waals surface area contributed by atoms with Crippen molar-refractivity contribution in [1.82, 2.24) is 4.72 Å². The van der Waals surface area contributed by atoms with Crippen LogP contribution in [0.1, 0.15) is 34.0 Å². The third-order valence-electron chi connectivity index (χ3n) is 5.85. The molecular weight excluding hydrogens is 422 g/mol. The Balaban J connectivity index is 1.49. The number of aryl methyl sites for hydroxylation is 1. The fraction of sp³-hybridized carbons (Fsp3) is 0.190. The zero-order valence-electron chi connectivity index (χ0n) is 16.0. The molecule has 158 valence electrons. The van der Waals surface area contributed by atoms with Crippen molar-refractivity contribution in [3.63, 3.8) is 0 Å². The van der Waals surface area contributed by atoms with Gasteiger partial charge in [0, 0.05) is 34.2 Å². The molecule has 0 spiro atoms. The highest BCUT2D eigenvalue weighted by molar-refractivity contribution is 7.89. The van der Waals surface area contributed by atoms with E-state index < -0.39 is 27.1 Å². The lowest BCUT2D eigenvalue weighted by Gasteiger charge is -2.30. The summed E-state index contributed by atoms with van der Waals surface area (Å²) in [4.78, 5) is 22.6. The summed E-state index contributed by atoms with van der Waals surface area (Å²) in [6.07, 6.45) is -0.460. The molecule has 0 aromatic heterocycles. The molecule has 31 heavy (non-hydrogen) atoms. The number of non-ortho nitro benzene ring substituents is 1. The van der Waals surface area contributed by atoms with Gasteiger partial charge < -0.3 is 10.4 Å². The van der Waals surface area contributed by atoms with Crippen molar-refractivity contribution in [3.8, 4) is 0 Å². The summed E-state index contributed by atoms with van der Waals surface area (Å²) in [6, 6.07) is 11.3. The first-order valence-corrected chi connectivity index (χ1v) is 11.1. The zero-order chi connectivity index (χ0) is 21.9. The van der Waals surface area contributed by atoms with Gasteiger partial charge in [0.05, 0.1) is 22.0 Å². The lowest BCUT2D eigenvalue weighted by molar-refractivity contribution is -0.385. The van der Waals surface area contributed by atoms with E-state index in [2.05, 4.69) is 10.0 Å². The fourth-order valence-electron chi connectivity index (χ4n) is 4.38. The molecule has 2 unspecified atom stereocenters. The summed E-state index contributed by atoms with van der Waals surface area (Å²) in [7, 11) is -4.02. The Morgan fingerprint density at radius 1 is 1.16 bits per heavy atom. The number of fused-ring (bicyclic) bond motifs is 1. The molecule has 2 atom stereocenters. The summed E-state index contributed by atoms with van der Waals surface area (Å²) in [5, 5.41) is 25.4. The van der Waals surface area contributed by atoms with Gasteiger partial charge in [0.1, 0.15) is 0 Å². The van der Waals surface area contributed by atoms with E-state index in [9.17, 15) is 28.4 Å². The van der Waals surface area contributed by atoms with Gasteiger partial charge in [-0.1, -0.05) is 12.1 Å². The number of carbonyl (C=O) groups excluding carboxylic acids is 1. The maximum Gasteiger partial charge on any atom is 0.269 e. The summed E-state index contributed by atoms with van der Waals surface area (Å²) in [6.45, 7) is 0. The predicted octanol–water partition coefficient (Wildman–Crippen LogP) is 2.64. The molecule has 1 aliphatic carbocycles. The minimum atomic E-state index is -4.02. The van der Waals surface area contributed by atoms with Crippen molar-refractivity contribution in [2.24, 2.45) is 0 Å². The average Bonchev–Trinajstić information content (AvgIpc) is 3.07. The van der Waals surface area contributed by atoms with E-state index in [0.717, 1.165) is 0 Å². The van der Waals surface area contributed by atoms with Crippen LogP contribution < -0.4 is 10.0 Å². The van der Waals surface area contributed by atoms with Crippen LogP contribution in [0.2, 0.25) is 0 Å². The molecule has 0 saturated carbocycles. The molecule has 5 rings (SSSR count). The van der Waals surface area contributed by atoms with E-state index in [1.165, 1.54) is 24.3 Å². The normalized spacial score (nSPS) is 19.8. The summed E-state index contributed by atoms with van der Waals surface area (Å²) >= 11 is 0. The Labute approximate surface area is 176 Å². The number of anilines is 1. The number of carbonyl (C=O) groups is 1. The lowest BCUT2D eigenvalue weighted by atomic mass is 9.86. The standard InChI is InChI=1S/C21H17N3O6S/c25-20-13-6-5-12(24(27)28)10-11(13)4-7-17(20)23-31(29,30)18-9-8-16-19-14(18)2-1-3-15(19)21(26)22-16/h1-3,5-6,8-10,17,20,23,25H,4,7H2,(H,22,26). The lowest BCUT2D eigenvalue weighted by Crippen LogP contribution is -2.41. The molecular formula is C21H17N3O6S. The number of aliphatic hydroxyl groups is 1. The number of rotatable bonds is 4. The van der Waals surface area contributed by atoms with Gasteiger partial charge >= 0.3 is 0 Å². The highest BCUT2D eigenvalue weighted by atomic mass is 32.2. The molecule has 1 aliphatic heterocycles. The van der Waals surface area contributed by atoms with Crippen molar-refractivity contribution in [2.75, 3.05) is 5.32 Å². The third-order valence-corrected chi connectivity index (χ3v) is 7.40. The van der Waals surface area contributed by atoms with Crippen molar-refractivity contribution >= 4 is 38.1 Å². The zero-order valence-corrected chi connectivity index (χ0v) is 16.8. The molecule has 9 nitrogen and oxygen atoms in total. The van der Waals surface area contributed by atoms with Crippen LogP contribution in [0.3, 0.4) is 0 Å². The van der Waals surface area contributed by atoms with Gasteiger partial charge in [0.15, 0.2) is 0 Å². The van der Waals surface area contributed by atoms with E-state index in [4.69, 9.17) is 0 Å². The highest BCUT2D eigenvalue weighted by Crippen LogP contribution is 2.38. The fourth-order valence-corrected chi connectivity index (χ4v) is 5.86. The SMILES string of the molecule is O=C1Nc2ccc(S(=O)(=O)NC3CCc4cc([N+](=O)[O-])ccc4C3O)c3cccc1c23. The number of nitro benzene ring substituents is 1. The predicted molar refractivity (Wildman–Crippen MR) is 112 cm³/mol. The average molecular weight is 439 g/mol. The largest absolute Gasteiger partial charge is 0.387 e. The number of nitro groups is 1. The molecule has 1 amide bonds. The summed E-state index contributed by atoms with van der Waals surface area (Å²) < 4.78 is 29.0. The van der Waals surface area contributed by atoms with E-state index in [1.807, 2.05) is 0 Å².